The van der Waals surface area contributed by atoms with Crippen molar-refractivity contribution in [2.75, 3.05) is 27.2 Å². The Morgan fingerprint density at radius 1 is 1.28 bits per heavy atom. The monoisotopic (exact) mass is 255 g/mol. The molecule has 1 aliphatic heterocycles. The average molecular weight is 255 g/mol. The van der Waals surface area contributed by atoms with Crippen LogP contribution in [0.5, 0.6) is 0 Å². The quantitative estimate of drug-likeness (QED) is 0.576. The summed E-state index contributed by atoms with van der Waals surface area (Å²) in [7, 11) is 3.62. The molecule has 104 valence electrons. The van der Waals surface area contributed by atoms with Gasteiger partial charge in [0.1, 0.15) is 6.10 Å². The van der Waals surface area contributed by atoms with E-state index < -0.39 is 0 Å². The molecule has 0 amide bonds. The van der Waals surface area contributed by atoms with E-state index in [9.17, 15) is 0 Å². The first-order valence-corrected chi connectivity index (χ1v) is 6.98. The van der Waals surface area contributed by atoms with E-state index in [-0.39, 0.29) is 11.9 Å². The third-order valence-corrected chi connectivity index (χ3v) is 3.74. The Kier molecular flexibility index (Phi) is 4.83. The fourth-order valence-corrected chi connectivity index (χ4v) is 2.74. The van der Waals surface area contributed by atoms with E-state index in [0.29, 0.717) is 6.61 Å². The van der Waals surface area contributed by atoms with Crippen molar-refractivity contribution in [3.8, 4) is 0 Å². The van der Waals surface area contributed by atoms with Crippen LogP contribution in [0.25, 0.3) is 0 Å². The first-order valence-electron chi connectivity index (χ1n) is 6.98. The molecule has 0 bridgehead atoms. The van der Waals surface area contributed by atoms with Gasteiger partial charge < -0.3 is 20.1 Å². The number of nitrogens with one attached hydrogen (secondary N) is 2. The maximum Gasteiger partial charge on any atom is 0.190 e. The Bertz CT molecular complexity index is 286. The van der Waals surface area contributed by atoms with Crippen LogP contribution in [0, 0.1) is 0 Å². The van der Waals surface area contributed by atoms with Crippen LogP contribution in [0.15, 0.2) is 4.99 Å². The highest BCUT2D eigenvalue weighted by Crippen LogP contribution is 2.36. The molecule has 1 atom stereocenters. The van der Waals surface area contributed by atoms with Gasteiger partial charge >= 0.3 is 0 Å². The summed E-state index contributed by atoms with van der Waals surface area (Å²) in [5, 5.41) is 6.23. The number of aliphatic imine (C=N–C) groups is 1. The van der Waals surface area contributed by atoms with Gasteiger partial charge in [-0.1, -0.05) is 12.8 Å². The van der Waals surface area contributed by atoms with Gasteiger partial charge in [0.15, 0.2) is 11.7 Å². The first kappa shape index (κ1) is 13.6. The van der Waals surface area contributed by atoms with Crippen LogP contribution < -0.4 is 10.6 Å². The molecule has 0 aromatic carbocycles. The Balaban J connectivity index is 1.80. The molecule has 5 heteroatoms. The van der Waals surface area contributed by atoms with Gasteiger partial charge in [-0.3, -0.25) is 4.99 Å². The van der Waals surface area contributed by atoms with Crippen molar-refractivity contribution < 1.29 is 9.47 Å². The summed E-state index contributed by atoms with van der Waals surface area (Å²) in [6.07, 6.45) is 7.28. The largest absolute Gasteiger partial charge is 0.359 e. The molecule has 0 unspecified atom stereocenters. The van der Waals surface area contributed by atoms with Crippen LogP contribution in [-0.4, -0.2) is 45.1 Å². The number of hydrogen-bond donors (Lipinski definition) is 2. The lowest BCUT2D eigenvalue weighted by Gasteiger charge is -2.26. The van der Waals surface area contributed by atoms with E-state index in [1.54, 1.807) is 7.05 Å². The minimum atomic E-state index is -0.286. The van der Waals surface area contributed by atoms with Crippen molar-refractivity contribution in [1.29, 1.82) is 0 Å². The van der Waals surface area contributed by atoms with Crippen LogP contribution in [0.1, 0.15) is 38.5 Å². The van der Waals surface area contributed by atoms with Crippen molar-refractivity contribution in [1.82, 2.24) is 10.6 Å². The fourth-order valence-electron chi connectivity index (χ4n) is 2.74. The minimum absolute atomic E-state index is 0.133. The summed E-state index contributed by atoms with van der Waals surface area (Å²) in [6, 6.07) is 0. The third-order valence-electron chi connectivity index (χ3n) is 3.74. The van der Waals surface area contributed by atoms with Crippen molar-refractivity contribution in [2.45, 2.75) is 50.4 Å². The number of guanidine groups is 1. The molecular formula is C13H25N3O2. The highest BCUT2D eigenvalue weighted by molar-refractivity contribution is 5.79. The van der Waals surface area contributed by atoms with Gasteiger partial charge in [0.05, 0.1) is 6.61 Å². The minimum Gasteiger partial charge on any atom is -0.359 e. The van der Waals surface area contributed by atoms with E-state index in [4.69, 9.17) is 9.47 Å². The summed E-state index contributed by atoms with van der Waals surface area (Å²) in [5.74, 6) is 0.506. The molecule has 1 aliphatic carbocycles. The van der Waals surface area contributed by atoms with Gasteiger partial charge in [0.2, 0.25) is 0 Å². The van der Waals surface area contributed by atoms with Crippen molar-refractivity contribution >= 4 is 5.96 Å². The van der Waals surface area contributed by atoms with Gasteiger partial charge in [0, 0.05) is 33.5 Å². The van der Waals surface area contributed by atoms with Crippen LogP contribution in [0.4, 0.5) is 0 Å². The molecule has 1 spiro atoms. The molecule has 1 heterocycles. The molecule has 2 aliphatic rings. The summed E-state index contributed by atoms with van der Waals surface area (Å²) >= 11 is 0. The second kappa shape index (κ2) is 6.38. The summed E-state index contributed by atoms with van der Waals surface area (Å²) < 4.78 is 12.1. The second-order valence-corrected chi connectivity index (χ2v) is 5.08. The molecule has 1 saturated heterocycles. The lowest BCUT2D eigenvalue weighted by Crippen LogP contribution is -2.40. The van der Waals surface area contributed by atoms with Crippen LogP contribution in [-0.2, 0) is 9.47 Å². The smallest absolute Gasteiger partial charge is 0.190 e. The molecule has 5 nitrogen and oxygen atoms in total. The van der Waals surface area contributed by atoms with Crippen LogP contribution >= 0.6 is 0 Å². The first-order chi connectivity index (χ1) is 8.78. The van der Waals surface area contributed by atoms with Crippen LogP contribution in [0.3, 0.4) is 0 Å². The van der Waals surface area contributed by atoms with E-state index in [1.807, 2.05) is 7.05 Å². The summed E-state index contributed by atoms with van der Waals surface area (Å²) in [4.78, 5) is 4.08. The lowest BCUT2D eigenvalue weighted by molar-refractivity contribution is -0.175. The van der Waals surface area contributed by atoms with Gasteiger partial charge in [-0.25, -0.2) is 0 Å². The number of hydrogen-bond acceptors (Lipinski definition) is 3. The fraction of sp³-hybridized carbons (Fsp3) is 0.923. The summed E-state index contributed by atoms with van der Waals surface area (Å²) in [5.41, 5.74) is 0. The zero-order valence-electron chi connectivity index (χ0n) is 11.5. The highest BCUT2D eigenvalue weighted by atomic mass is 16.7. The number of rotatable bonds is 2. The molecule has 2 fully saturated rings. The van der Waals surface area contributed by atoms with Crippen molar-refractivity contribution in [3.63, 3.8) is 0 Å². The molecule has 0 aromatic heterocycles. The van der Waals surface area contributed by atoms with E-state index in [2.05, 4.69) is 15.6 Å². The molecule has 0 radical (unpaired) electrons. The molecule has 0 aromatic rings. The maximum atomic E-state index is 6.14. The molecule has 1 saturated carbocycles. The van der Waals surface area contributed by atoms with Crippen LogP contribution in [0.2, 0.25) is 0 Å². The van der Waals surface area contributed by atoms with Gasteiger partial charge in [0.25, 0.3) is 0 Å². The Morgan fingerprint density at radius 3 is 2.61 bits per heavy atom. The van der Waals surface area contributed by atoms with Gasteiger partial charge in [-0.15, -0.1) is 0 Å². The predicted octanol–water partition coefficient (Wildman–Crippen LogP) is 1.25. The van der Waals surface area contributed by atoms with E-state index in [1.165, 1.54) is 25.7 Å². The topological polar surface area (TPSA) is 54.9 Å². The van der Waals surface area contributed by atoms with Gasteiger partial charge in [-0.05, 0) is 12.8 Å². The maximum absolute atomic E-state index is 6.14. The molecule has 18 heavy (non-hydrogen) atoms. The average Bonchev–Trinajstić information content (AvgIpc) is 2.64. The van der Waals surface area contributed by atoms with Gasteiger partial charge in [-0.2, -0.15) is 0 Å². The standard InChI is InChI=1S/C13H25N3O2/c1-14-12(15-2)16-9-11-10-17-13(18-11)7-5-3-4-6-8-13/h11H,3-10H2,1-2H3,(H2,14,15,16)/t11-/m1/s1. The zero-order chi connectivity index (χ0) is 12.8. The molecule has 2 rings (SSSR count). The van der Waals surface area contributed by atoms with Crippen molar-refractivity contribution in [3.05, 3.63) is 0 Å². The summed E-state index contributed by atoms with van der Waals surface area (Å²) in [6.45, 7) is 1.43. The zero-order valence-corrected chi connectivity index (χ0v) is 11.5. The molecular weight excluding hydrogens is 230 g/mol. The van der Waals surface area contributed by atoms with E-state index >= 15 is 0 Å². The number of nitrogens with zero attached hydrogens (tertiary/aromatic N) is 1. The molecule has 2 N–H and O–H groups in total. The SMILES string of the molecule is CN=C(NC)NC[C@@H]1COC2(CCCCCC2)O1. The Hall–Kier alpha value is -0.810. The van der Waals surface area contributed by atoms with Crippen molar-refractivity contribution in [2.24, 2.45) is 4.99 Å². The lowest BCUT2D eigenvalue weighted by atomic mass is 10.1. The highest BCUT2D eigenvalue weighted by Gasteiger charge is 2.41. The Labute approximate surface area is 109 Å². The normalized spacial score (nSPS) is 28.1. The predicted molar refractivity (Wildman–Crippen MR) is 71.7 cm³/mol. The third kappa shape index (κ3) is 3.36. The second-order valence-electron chi connectivity index (χ2n) is 5.08. The van der Waals surface area contributed by atoms with E-state index in [0.717, 1.165) is 25.3 Å². The number of ether oxygens (including phenoxy) is 2. The Morgan fingerprint density at radius 2 is 2.00 bits per heavy atom.